The van der Waals surface area contributed by atoms with Gasteiger partial charge in [0.2, 0.25) is 5.91 Å². The van der Waals surface area contributed by atoms with Crippen LogP contribution in [0.3, 0.4) is 0 Å². The standard InChI is InChI=1S/C19H24N2O2/c1-14-7-4-5-8-16(14)13-23-18-10-6-9-17(11-18)21-19(22)15(2)12-20-3/h4-11,15,20H,12-13H2,1-3H3,(H,21,22). The lowest BCUT2D eigenvalue weighted by molar-refractivity contribution is -0.119. The second-order valence-electron chi connectivity index (χ2n) is 5.69. The zero-order valence-electron chi connectivity index (χ0n) is 13.9. The van der Waals surface area contributed by atoms with Crippen LogP contribution < -0.4 is 15.4 Å². The Hall–Kier alpha value is -2.33. The van der Waals surface area contributed by atoms with Crippen molar-refractivity contribution in [3.05, 3.63) is 59.7 Å². The second-order valence-corrected chi connectivity index (χ2v) is 5.69. The van der Waals surface area contributed by atoms with Crippen LogP contribution in [-0.2, 0) is 11.4 Å². The third-order valence-electron chi connectivity index (χ3n) is 3.72. The molecule has 122 valence electrons. The number of carbonyl (C=O) groups is 1. The monoisotopic (exact) mass is 312 g/mol. The third kappa shape index (κ3) is 5.11. The highest BCUT2D eigenvalue weighted by molar-refractivity contribution is 5.92. The summed E-state index contributed by atoms with van der Waals surface area (Å²) in [7, 11) is 1.84. The predicted octanol–water partition coefficient (Wildman–Crippen LogP) is 3.37. The molecule has 1 unspecified atom stereocenters. The van der Waals surface area contributed by atoms with Crippen molar-refractivity contribution in [1.29, 1.82) is 0 Å². The maximum atomic E-state index is 12.0. The summed E-state index contributed by atoms with van der Waals surface area (Å²) in [6.07, 6.45) is 0. The number of carbonyl (C=O) groups excluding carboxylic acids is 1. The fourth-order valence-electron chi connectivity index (χ4n) is 2.26. The zero-order chi connectivity index (χ0) is 16.7. The zero-order valence-corrected chi connectivity index (χ0v) is 13.9. The van der Waals surface area contributed by atoms with Gasteiger partial charge in [0.1, 0.15) is 12.4 Å². The molecule has 0 heterocycles. The van der Waals surface area contributed by atoms with E-state index in [-0.39, 0.29) is 11.8 Å². The summed E-state index contributed by atoms with van der Waals surface area (Å²) in [5.74, 6) is 0.652. The molecule has 0 spiro atoms. The Morgan fingerprint density at radius 1 is 1.17 bits per heavy atom. The van der Waals surface area contributed by atoms with Crippen LogP contribution in [0.25, 0.3) is 0 Å². The molecule has 23 heavy (non-hydrogen) atoms. The van der Waals surface area contributed by atoms with Gasteiger partial charge in [0, 0.05) is 24.2 Å². The van der Waals surface area contributed by atoms with Gasteiger partial charge in [-0.2, -0.15) is 0 Å². The van der Waals surface area contributed by atoms with Crippen molar-refractivity contribution in [2.45, 2.75) is 20.5 Å². The second kappa shape index (κ2) is 8.34. The van der Waals surface area contributed by atoms with Crippen LogP contribution >= 0.6 is 0 Å². The van der Waals surface area contributed by atoms with E-state index < -0.39 is 0 Å². The third-order valence-corrected chi connectivity index (χ3v) is 3.72. The minimum atomic E-state index is -0.0865. The van der Waals surface area contributed by atoms with Crippen molar-refractivity contribution in [1.82, 2.24) is 5.32 Å². The first kappa shape index (κ1) is 17.0. The maximum absolute atomic E-state index is 12.0. The van der Waals surface area contributed by atoms with Crippen LogP contribution in [-0.4, -0.2) is 19.5 Å². The van der Waals surface area contributed by atoms with Crippen LogP contribution in [0.4, 0.5) is 5.69 Å². The lowest BCUT2D eigenvalue weighted by atomic mass is 10.1. The molecule has 0 aromatic heterocycles. The Balaban J connectivity index is 1.97. The van der Waals surface area contributed by atoms with Gasteiger partial charge in [0.05, 0.1) is 0 Å². The van der Waals surface area contributed by atoms with Crippen LogP contribution in [0.1, 0.15) is 18.1 Å². The van der Waals surface area contributed by atoms with E-state index in [4.69, 9.17) is 4.74 Å². The Kier molecular flexibility index (Phi) is 6.18. The van der Waals surface area contributed by atoms with E-state index in [2.05, 4.69) is 29.7 Å². The average molecular weight is 312 g/mol. The van der Waals surface area contributed by atoms with Gasteiger partial charge in [0.25, 0.3) is 0 Å². The van der Waals surface area contributed by atoms with Gasteiger partial charge < -0.3 is 15.4 Å². The highest BCUT2D eigenvalue weighted by atomic mass is 16.5. The van der Waals surface area contributed by atoms with Crippen LogP contribution in [0, 0.1) is 12.8 Å². The van der Waals surface area contributed by atoms with Crippen molar-refractivity contribution >= 4 is 11.6 Å². The van der Waals surface area contributed by atoms with Gasteiger partial charge in [-0.05, 0) is 37.2 Å². The fourth-order valence-corrected chi connectivity index (χ4v) is 2.26. The molecular formula is C19H24N2O2. The quantitative estimate of drug-likeness (QED) is 0.824. The first-order valence-electron chi connectivity index (χ1n) is 7.83. The topological polar surface area (TPSA) is 50.4 Å². The van der Waals surface area contributed by atoms with E-state index in [1.165, 1.54) is 5.56 Å². The Bertz CT molecular complexity index is 655. The van der Waals surface area contributed by atoms with Crippen molar-refractivity contribution in [2.75, 3.05) is 18.9 Å². The summed E-state index contributed by atoms with van der Waals surface area (Å²) < 4.78 is 5.84. The lowest BCUT2D eigenvalue weighted by Crippen LogP contribution is -2.28. The van der Waals surface area contributed by atoms with Crippen molar-refractivity contribution < 1.29 is 9.53 Å². The van der Waals surface area contributed by atoms with E-state index in [1.54, 1.807) is 0 Å². The largest absolute Gasteiger partial charge is 0.489 e. The molecule has 0 fully saturated rings. The molecule has 4 nitrogen and oxygen atoms in total. The van der Waals surface area contributed by atoms with Gasteiger partial charge >= 0.3 is 0 Å². The molecule has 1 amide bonds. The summed E-state index contributed by atoms with van der Waals surface area (Å²) in [4.78, 5) is 12.0. The SMILES string of the molecule is CNCC(C)C(=O)Nc1cccc(OCc2ccccc2C)c1. The Morgan fingerprint density at radius 2 is 1.96 bits per heavy atom. The van der Waals surface area contributed by atoms with E-state index in [0.29, 0.717) is 13.2 Å². The average Bonchev–Trinajstić information content (AvgIpc) is 2.54. The minimum absolute atomic E-state index is 0.00426. The molecule has 0 saturated heterocycles. The first-order valence-corrected chi connectivity index (χ1v) is 7.83. The Morgan fingerprint density at radius 3 is 2.70 bits per heavy atom. The summed E-state index contributed by atoms with van der Waals surface area (Å²) in [5.41, 5.74) is 3.11. The molecule has 0 aliphatic heterocycles. The minimum Gasteiger partial charge on any atom is -0.489 e. The number of nitrogens with one attached hydrogen (secondary N) is 2. The molecule has 1 atom stereocenters. The number of hydrogen-bond donors (Lipinski definition) is 2. The normalized spacial score (nSPS) is 11.8. The summed E-state index contributed by atoms with van der Waals surface area (Å²) >= 11 is 0. The van der Waals surface area contributed by atoms with Crippen molar-refractivity contribution in [2.24, 2.45) is 5.92 Å². The molecule has 2 aromatic carbocycles. The molecule has 2 rings (SSSR count). The van der Waals surface area contributed by atoms with E-state index in [1.807, 2.05) is 50.4 Å². The van der Waals surface area contributed by atoms with Gasteiger partial charge in [-0.3, -0.25) is 4.79 Å². The van der Waals surface area contributed by atoms with Gasteiger partial charge in [-0.1, -0.05) is 37.3 Å². The predicted molar refractivity (Wildman–Crippen MR) is 93.7 cm³/mol. The molecule has 0 saturated carbocycles. The highest BCUT2D eigenvalue weighted by Crippen LogP contribution is 2.20. The molecular weight excluding hydrogens is 288 g/mol. The van der Waals surface area contributed by atoms with Crippen molar-refractivity contribution in [3.63, 3.8) is 0 Å². The molecule has 2 N–H and O–H groups in total. The number of rotatable bonds is 7. The lowest BCUT2D eigenvalue weighted by Gasteiger charge is -2.13. The Labute approximate surface area is 137 Å². The number of amides is 1. The summed E-state index contributed by atoms with van der Waals surface area (Å²) in [5, 5.41) is 5.92. The molecule has 0 aliphatic carbocycles. The van der Waals surface area contributed by atoms with E-state index in [0.717, 1.165) is 17.0 Å². The number of hydrogen-bond acceptors (Lipinski definition) is 3. The smallest absolute Gasteiger partial charge is 0.228 e. The number of aryl methyl sites for hydroxylation is 1. The molecule has 0 bridgehead atoms. The number of ether oxygens (including phenoxy) is 1. The van der Waals surface area contributed by atoms with Gasteiger partial charge in [-0.25, -0.2) is 0 Å². The summed E-state index contributed by atoms with van der Waals surface area (Å²) in [6.45, 7) is 5.12. The molecule has 0 radical (unpaired) electrons. The van der Waals surface area contributed by atoms with Gasteiger partial charge in [0.15, 0.2) is 0 Å². The molecule has 0 aliphatic rings. The van der Waals surface area contributed by atoms with Crippen molar-refractivity contribution in [3.8, 4) is 5.75 Å². The highest BCUT2D eigenvalue weighted by Gasteiger charge is 2.12. The maximum Gasteiger partial charge on any atom is 0.228 e. The van der Waals surface area contributed by atoms with Crippen LogP contribution in [0.5, 0.6) is 5.75 Å². The van der Waals surface area contributed by atoms with Gasteiger partial charge in [-0.15, -0.1) is 0 Å². The van der Waals surface area contributed by atoms with Crippen LogP contribution in [0.2, 0.25) is 0 Å². The fraction of sp³-hybridized carbons (Fsp3) is 0.316. The van der Waals surface area contributed by atoms with E-state index >= 15 is 0 Å². The number of anilines is 1. The van der Waals surface area contributed by atoms with Crippen LogP contribution in [0.15, 0.2) is 48.5 Å². The molecule has 2 aromatic rings. The number of benzene rings is 2. The van der Waals surface area contributed by atoms with E-state index in [9.17, 15) is 4.79 Å². The summed E-state index contributed by atoms with van der Waals surface area (Å²) in [6, 6.07) is 15.6. The molecule has 4 heteroatoms. The first-order chi connectivity index (χ1) is 11.1.